The highest BCUT2D eigenvalue weighted by Crippen LogP contribution is 2.36. The van der Waals surface area contributed by atoms with Crippen LogP contribution < -0.4 is 0 Å². The van der Waals surface area contributed by atoms with Gasteiger partial charge in [-0.1, -0.05) is 32.0 Å². The van der Waals surface area contributed by atoms with Crippen molar-refractivity contribution in [1.29, 1.82) is 0 Å². The molecule has 0 aliphatic carbocycles. The van der Waals surface area contributed by atoms with Crippen molar-refractivity contribution in [2.45, 2.75) is 39.3 Å². The standard InChI is InChI=1S/C18H20F3N3O/c1-11(2)9-23-10-13(17(20)21)16(22-23)18(25)24-8-7-15(24)12-5-3-4-6-14(12)19/h3-6,10-11,15,17H,7-9H2,1-2H3. The monoisotopic (exact) mass is 351 g/mol. The Morgan fingerprint density at radius 3 is 2.60 bits per heavy atom. The second-order valence-corrected chi connectivity index (χ2v) is 6.67. The lowest BCUT2D eigenvalue weighted by Crippen LogP contribution is -2.45. The van der Waals surface area contributed by atoms with Gasteiger partial charge in [0.25, 0.3) is 12.3 Å². The number of benzene rings is 1. The van der Waals surface area contributed by atoms with Gasteiger partial charge in [0.1, 0.15) is 5.82 Å². The van der Waals surface area contributed by atoms with Crippen LogP contribution in [0.2, 0.25) is 0 Å². The maximum absolute atomic E-state index is 14.0. The Balaban J connectivity index is 1.88. The van der Waals surface area contributed by atoms with Crippen LogP contribution in [-0.2, 0) is 6.54 Å². The summed E-state index contributed by atoms with van der Waals surface area (Å²) < 4.78 is 42.0. The molecule has 0 N–H and O–H groups in total. The highest BCUT2D eigenvalue weighted by Gasteiger charge is 2.38. The smallest absolute Gasteiger partial charge is 0.275 e. The number of halogens is 3. The van der Waals surface area contributed by atoms with E-state index in [2.05, 4.69) is 5.10 Å². The lowest BCUT2D eigenvalue weighted by molar-refractivity contribution is 0.0437. The van der Waals surface area contributed by atoms with Gasteiger partial charge in [0.15, 0.2) is 5.69 Å². The number of hydrogen-bond donors (Lipinski definition) is 0. The van der Waals surface area contributed by atoms with Crippen molar-refractivity contribution in [2.75, 3.05) is 6.54 Å². The Kier molecular flexibility index (Phi) is 4.83. The first-order valence-electron chi connectivity index (χ1n) is 8.29. The van der Waals surface area contributed by atoms with Gasteiger partial charge in [0.05, 0.1) is 11.6 Å². The fraction of sp³-hybridized carbons (Fsp3) is 0.444. The van der Waals surface area contributed by atoms with Crippen molar-refractivity contribution in [3.8, 4) is 0 Å². The molecule has 0 spiro atoms. The topological polar surface area (TPSA) is 38.1 Å². The van der Waals surface area contributed by atoms with Crippen molar-refractivity contribution in [3.63, 3.8) is 0 Å². The Bertz CT molecular complexity index is 773. The van der Waals surface area contributed by atoms with Crippen LogP contribution >= 0.6 is 0 Å². The molecule has 1 aromatic carbocycles. The van der Waals surface area contributed by atoms with Crippen LogP contribution in [0.15, 0.2) is 30.5 Å². The molecule has 1 saturated heterocycles. The molecule has 1 atom stereocenters. The summed E-state index contributed by atoms with van der Waals surface area (Å²) in [7, 11) is 0. The van der Waals surface area contributed by atoms with Crippen molar-refractivity contribution in [3.05, 3.63) is 53.1 Å². The summed E-state index contributed by atoms with van der Waals surface area (Å²) in [4.78, 5) is 14.1. The molecule has 0 radical (unpaired) electrons. The molecule has 1 amide bonds. The summed E-state index contributed by atoms with van der Waals surface area (Å²) in [5.41, 5.74) is -0.205. The molecule has 134 valence electrons. The molecule has 1 aliphatic rings. The first-order chi connectivity index (χ1) is 11.9. The number of aromatic nitrogens is 2. The number of carbonyl (C=O) groups is 1. The van der Waals surface area contributed by atoms with E-state index in [1.807, 2.05) is 13.8 Å². The van der Waals surface area contributed by atoms with E-state index in [-0.39, 0.29) is 17.2 Å². The Morgan fingerprint density at radius 1 is 1.32 bits per heavy atom. The number of nitrogens with zero attached hydrogens (tertiary/aromatic N) is 3. The molecule has 2 heterocycles. The van der Waals surface area contributed by atoms with Gasteiger partial charge in [-0.05, 0) is 18.4 Å². The van der Waals surface area contributed by atoms with Gasteiger partial charge in [0, 0.05) is 24.8 Å². The minimum atomic E-state index is -2.78. The van der Waals surface area contributed by atoms with Crippen LogP contribution in [0.1, 0.15) is 54.4 Å². The highest BCUT2D eigenvalue weighted by atomic mass is 19.3. The quantitative estimate of drug-likeness (QED) is 0.810. The van der Waals surface area contributed by atoms with E-state index in [9.17, 15) is 18.0 Å². The Morgan fingerprint density at radius 2 is 2.04 bits per heavy atom. The molecule has 2 aromatic rings. The molecular weight excluding hydrogens is 331 g/mol. The maximum Gasteiger partial charge on any atom is 0.275 e. The molecule has 7 heteroatoms. The molecular formula is C18H20F3N3O. The van der Waals surface area contributed by atoms with Gasteiger partial charge in [-0.3, -0.25) is 9.48 Å². The molecule has 1 aromatic heterocycles. The Hall–Kier alpha value is -2.31. The summed E-state index contributed by atoms with van der Waals surface area (Å²) in [6.45, 7) is 4.73. The van der Waals surface area contributed by atoms with Gasteiger partial charge in [-0.2, -0.15) is 5.10 Å². The molecule has 1 fully saturated rings. The van der Waals surface area contributed by atoms with Crippen LogP contribution in [0.4, 0.5) is 13.2 Å². The molecule has 0 saturated carbocycles. The number of likely N-dealkylation sites (tertiary alicyclic amines) is 1. The zero-order chi connectivity index (χ0) is 18.1. The summed E-state index contributed by atoms with van der Waals surface area (Å²) in [5.74, 6) is -0.759. The Labute approximate surface area is 144 Å². The fourth-order valence-corrected chi connectivity index (χ4v) is 3.07. The number of carbonyl (C=O) groups excluding carboxylic acids is 1. The normalized spacial score (nSPS) is 17.2. The van der Waals surface area contributed by atoms with Gasteiger partial charge in [-0.25, -0.2) is 13.2 Å². The zero-order valence-corrected chi connectivity index (χ0v) is 14.1. The van der Waals surface area contributed by atoms with E-state index in [0.717, 1.165) is 0 Å². The number of rotatable bonds is 5. The number of alkyl halides is 2. The molecule has 1 aliphatic heterocycles. The zero-order valence-electron chi connectivity index (χ0n) is 14.1. The van der Waals surface area contributed by atoms with Crippen LogP contribution in [-0.4, -0.2) is 27.1 Å². The average Bonchev–Trinajstić information content (AvgIpc) is 2.91. The van der Waals surface area contributed by atoms with Crippen LogP contribution in [0.5, 0.6) is 0 Å². The van der Waals surface area contributed by atoms with Crippen molar-refractivity contribution < 1.29 is 18.0 Å². The lowest BCUT2D eigenvalue weighted by Gasteiger charge is -2.41. The molecule has 4 nitrogen and oxygen atoms in total. The number of amides is 1. The second kappa shape index (κ2) is 6.90. The SMILES string of the molecule is CC(C)Cn1cc(C(F)F)c(C(=O)N2CCC2c2ccccc2F)n1. The van der Waals surface area contributed by atoms with Gasteiger partial charge >= 0.3 is 0 Å². The molecule has 3 rings (SSSR count). The minimum Gasteiger partial charge on any atom is -0.330 e. The van der Waals surface area contributed by atoms with E-state index >= 15 is 0 Å². The van der Waals surface area contributed by atoms with Crippen molar-refractivity contribution >= 4 is 5.91 Å². The van der Waals surface area contributed by atoms with E-state index in [1.165, 1.54) is 21.8 Å². The van der Waals surface area contributed by atoms with E-state index in [0.29, 0.717) is 25.1 Å². The summed E-state index contributed by atoms with van der Waals surface area (Å²) >= 11 is 0. The fourth-order valence-electron chi connectivity index (χ4n) is 3.07. The first kappa shape index (κ1) is 17.5. The third-order valence-electron chi connectivity index (χ3n) is 4.32. The van der Waals surface area contributed by atoms with Crippen molar-refractivity contribution in [2.24, 2.45) is 5.92 Å². The van der Waals surface area contributed by atoms with Gasteiger partial charge in [0.2, 0.25) is 0 Å². The predicted molar refractivity (Wildman–Crippen MR) is 86.8 cm³/mol. The summed E-state index contributed by atoms with van der Waals surface area (Å²) in [5, 5.41) is 4.08. The largest absolute Gasteiger partial charge is 0.330 e. The summed E-state index contributed by atoms with van der Waals surface area (Å²) in [6.07, 6.45) is -0.952. The third kappa shape index (κ3) is 3.41. The van der Waals surface area contributed by atoms with Crippen LogP contribution in [0.25, 0.3) is 0 Å². The second-order valence-electron chi connectivity index (χ2n) is 6.67. The third-order valence-corrected chi connectivity index (χ3v) is 4.32. The lowest BCUT2D eigenvalue weighted by atomic mass is 9.93. The van der Waals surface area contributed by atoms with Crippen molar-refractivity contribution in [1.82, 2.24) is 14.7 Å². The molecule has 25 heavy (non-hydrogen) atoms. The highest BCUT2D eigenvalue weighted by molar-refractivity contribution is 5.94. The van der Waals surface area contributed by atoms with Gasteiger partial charge in [-0.15, -0.1) is 0 Å². The van der Waals surface area contributed by atoms with E-state index in [4.69, 9.17) is 0 Å². The number of hydrogen-bond acceptors (Lipinski definition) is 2. The van der Waals surface area contributed by atoms with E-state index < -0.39 is 24.2 Å². The first-order valence-corrected chi connectivity index (χ1v) is 8.29. The average molecular weight is 351 g/mol. The molecule has 1 unspecified atom stereocenters. The predicted octanol–water partition coefficient (Wildman–Crippen LogP) is 4.20. The van der Waals surface area contributed by atoms with Gasteiger partial charge < -0.3 is 4.90 Å². The minimum absolute atomic E-state index is 0.212. The molecule has 0 bridgehead atoms. The van der Waals surface area contributed by atoms with E-state index in [1.54, 1.807) is 18.2 Å². The van der Waals surface area contributed by atoms with Crippen LogP contribution in [0, 0.1) is 11.7 Å². The summed E-state index contributed by atoms with van der Waals surface area (Å²) in [6, 6.07) is 5.78. The van der Waals surface area contributed by atoms with Crippen LogP contribution in [0.3, 0.4) is 0 Å². The maximum atomic E-state index is 14.0.